The highest BCUT2D eigenvalue weighted by Crippen LogP contribution is 2.33. The molecule has 144 valence electrons. The van der Waals surface area contributed by atoms with E-state index in [-0.39, 0.29) is 24.6 Å². The first-order valence-corrected chi connectivity index (χ1v) is 11.5. The average Bonchev–Trinajstić information content (AvgIpc) is 3.07. The number of rotatable bonds is 8. The Labute approximate surface area is 165 Å². The second-order valence-corrected chi connectivity index (χ2v) is 9.84. The van der Waals surface area contributed by atoms with Crippen LogP contribution in [0.4, 0.5) is 0 Å². The van der Waals surface area contributed by atoms with E-state index in [1.807, 2.05) is 4.90 Å². The number of thioether (sulfide) groups is 2. The summed E-state index contributed by atoms with van der Waals surface area (Å²) in [7, 11) is -3.96. The van der Waals surface area contributed by atoms with Gasteiger partial charge in [0.25, 0.3) is 16.0 Å². The summed E-state index contributed by atoms with van der Waals surface area (Å²) < 4.78 is 30.7. The lowest BCUT2D eigenvalue weighted by atomic mass is 10.3. The van der Waals surface area contributed by atoms with Gasteiger partial charge in [0.05, 0.1) is 22.1 Å². The Bertz CT molecular complexity index is 761. The summed E-state index contributed by atoms with van der Waals surface area (Å²) in [5.41, 5.74) is 0. The summed E-state index contributed by atoms with van der Waals surface area (Å²) >= 11 is 7.85. The number of aliphatic carboxylic acids is 1. The number of carbonyl (C=O) groups excluding carboxylic acids is 1. The van der Waals surface area contributed by atoms with Gasteiger partial charge >= 0.3 is 5.97 Å². The molecule has 0 atom stereocenters. The Morgan fingerprint density at radius 3 is 2.69 bits per heavy atom. The lowest BCUT2D eigenvalue weighted by molar-refractivity contribution is -0.137. The highest BCUT2D eigenvalue weighted by atomic mass is 32.2. The maximum absolute atomic E-state index is 12.3. The van der Waals surface area contributed by atoms with Crippen molar-refractivity contribution in [3.05, 3.63) is 22.1 Å². The van der Waals surface area contributed by atoms with Crippen LogP contribution in [0.1, 0.15) is 12.8 Å². The SMILES string of the molecule is O=C(O)CCN1C(=O)C(=CC=C2SCCN2CCCS(=O)(=O)O)SC1=S. The van der Waals surface area contributed by atoms with Crippen LogP contribution >= 0.6 is 35.7 Å². The Hall–Kier alpha value is -1.08. The van der Waals surface area contributed by atoms with Crippen molar-refractivity contribution in [2.45, 2.75) is 12.8 Å². The van der Waals surface area contributed by atoms with Gasteiger partial charge in [-0.3, -0.25) is 19.0 Å². The van der Waals surface area contributed by atoms with Crippen molar-refractivity contribution in [1.29, 1.82) is 0 Å². The van der Waals surface area contributed by atoms with Crippen molar-refractivity contribution in [3.8, 4) is 0 Å². The van der Waals surface area contributed by atoms with Crippen molar-refractivity contribution >= 4 is 62.1 Å². The number of carboxylic acid groups (broad SMARTS) is 1. The molecule has 0 unspecified atom stereocenters. The predicted octanol–water partition coefficient (Wildman–Crippen LogP) is 1.37. The van der Waals surface area contributed by atoms with Crippen LogP contribution in [0.25, 0.3) is 0 Å². The molecule has 2 saturated heterocycles. The summed E-state index contributed by atoms with van der Waals surface area (Å²) in [6.07, 6.45) is 3.59. The normalized spacial score (nSPS) is 21.4. The molecule has 2 N–H and O–H groups in total. The van der Waals surface area contributed by atoms with E-state index in [9.17, 15) is 18.0 Å². The summed E-state index contributed by atoms with van der Waals surface area (Å²) in [5.74, 6) is -0.735. The van der Waals surface area contributed by atoms with Crippen molar-refractivity contribution in [1.82, 2.24) is 9.80 Å². The molecule has 0 saturated carbocycles. The van der Waals surface area contributed by atoms with Gasteiger partial charge in [0.1, 0.15) is 4.32 Å². The monoisotopic (exact) mass is 438 g/mol. The minimum absolute atomic E-state index is 0.0461. The van der Waals surface area contributed by atoms with Crippen molar-refractivity contribution in [3.63, 3.8) is 0 Å². The van der Waals surface area contributed by atoms with Gasteiger partial charge in [-0.2, -0.15) is 8.42 Å². The molecule has 8 nitrogen and oxygen atoms in total. The molecule has 0 bridgehead atoms. The number of hydrogen-bond acceptors (Lipinski definition) is 8. The lowest BCUT2D eigenvalue weighted by Gasteiger charge is -2.18. The standard InChI is InChI=1S/C14H18N2O6S4/c17-12(18)4-6-16-13(19)10(25-14(16)23)2-3-11-15(7-8-24-11)5-1-9-26(20,21)22/h2-3H,1,4-9H2,(H,17,18)(H,20,21,22). The fourth-order valence-corrected chi connectivity index (χ4v) is 5.13. The van der Waals surface area contributed by atoms with E-state index in [0.717, 1.165) is 29.1 Å². The van der Waals surface area contributed by atoms with Crippen LogP contribution in [0.15, 0.2) is 22.1 Å². The largest absolute Gasteiger partial charge is 0.481 e. The van der Waals surface area contributed by atoms with Gasteiger partial charge < -0.3 is 10.0 Å². The van der Waals surface area contributed by atoms with Crippen molar-refractivity contribution in [2.24, 2.45) is 0 Å². The molecule has 2 heterocycles. The molecule has 0 aromatic heterocycles. The summed E-state index contributed by atoms with van der Waals surface area (Å²) in [6, 6.07) is 0. The fraction of sp³-hybridized carbons (Fsp3) is 0.500. The van der Waals surface area contributed by atoms with Crippen molar-refractivity contribution in [2.75, 3.05) is 31.1 Å². The van der Waals surface area contributed by atoms with Crippen LogP contribution < -0.4 is 0 Å². The second-order valence-electron chi connectivity index (χ2n) is 5.48. The molecule has 0 radical (unpaired) electrons. The number of carboxylic acids is 1. The van der Waals surface area contributed by atoms with E-state index in [1.54, 1.807) is 23.9 Å². The van der Waals surface area contributed by atoms with Gasteiger partial charge in [-0.05, 0) is 18.6 Å². The summed E-state index contributed by atoms with van der Waals surface area (Å²) in [5, 5.41) is 9.65. The molecular formula is C14H18N2O6S4. The fourth-order valence-electron chi connectivity index (χ4n) is 2.34. The number of allylic oxidation sites excluding steroid dienone is 2. The smallest absolute Gasteiger partial charge is 0.305 e. The first kappa shape index (κ1) is 21.2. The van der Waals surface area contributed by atoms with Crippen molar-refractivity contribution < 1.29 is 27.7 Å². The van der Waals surface area contributed by atoms with E-state index in [4.69, 9.17) is 21.9 Å². The van der Waals surface area contributed by atoms with Crippen LogP contribution in [0.5, 0.6) is 0 Å². The van der Waals surface area contributed by atoms with Crippen LogP contribution in [0.3, 0.4) is 0 Å². The Morgan fingerprint density at radius 1 is 1.31 bits per heavy atom. The number of nitrogens with zero attached hydrogens (tertiary/aromatic N) is 2. The van der Waals surface area contributed by atoms with Crippen LogP contribution in [0.2, 0.25) is 0 Å². The Kier molecular flexibility index (Phi) is 7.52. The zero-order valence-electron chi connectivity index (χ0n) is 13.7. The number of thiocarbonyl (C=S) groups is 1. The van der Waals surface area contributed by atoms with E-state index in [0.29, 0.717) is 22.2 Å². The quantitative estimate of drug-likeness (QED) is 0.327. The molecule has 1 amide bonds. The molecule has 0 aromatic carbocycles. The molecule has 2 fully saturated rings. The zero-order chi connectivity index (χ0) is 19.3. The third-order valence-corrected chi connectivity index (χ3v) is 6.83. The molecule has 0 spiro atoms. The van der Waals surface area contributed by atoms with Crippen LogP contribution in [0, 0.1) is 0 Å². The average molecular weight is 439 g/mol. The Morgan fingerprint density at radius 2 is 2.04 bits per heavy atom. The number of amides is 1. The highest BCUT2D eigenvalue weighted by Gasteiger charge is 2.31. The lowest BCUT2D eigenvalue weighted by Crippen LogP contribution is -2.30. The second kappa shape index (κ2) is 9.22. The first-order valence-electron chi connectivity index (χ1n) is 7.68. The minimum Gasteiger partial charge on any atom is -0.481 e. The predicted molar refractivity (Wildman–Crippen MR) is 105 cm³/mol. The molecule has 2 aliphatic heterocycles. The maximum Gasteiger partial charge on any atom is 0.305 e. The highest BCUT2D eigenvalue weighted by molar-refractivity contribution is 8.26. The summed E-state index contributed by atoms with van der Waals surface area (Å²) in [4.78, 5) is 26.7. The van der Waals surface area contributed by atoms with E-state index in [2.05, 4.69) is 0 Å². The molecule has 0 aliphatic carbocycles. The van der Waals surface area contributed by atoms with E-state index >= 15 is 0 Å². The third kappa shape index (κ3) is 6.27. The molecular weight excluding hydrogens is 420 g/mol. The van der Waals surface area contributed by atoms with E-state index in [1.165, 1.54) is 4.90 Å². The summed E-state index contributed by atoms with van der Waals surface area (Å²) in [6.45, 7) is 1.30. The van der Waals surface area contributed by atoms with Gasteiger partial charge in [0, 0.05) is 25.4 Å². The van der Waals surface area contributed by atoms with Gasteiger partial charge in [-0.15, -0.1) is 11.8 Å². The molecule has 2 aliphatic rings. The molecule has 26 heavy (non-hydrogen) atoms. The van der Waals surface area contributed by atoms with Gasteiger partial charge in [0.2, 0.25) is 0 Å². The van der Waals surface area contributed by atoms with Crippen LogP contribution in [-0.2, 0) is 19.7 Å². The first-order chi connectivity index (χ1) is 12.2. The molecule has 0 aromatic rings. The minimum atomic E-state index is -3.96. The van der Waals surface area contributed by atoms with Gasteiger partial charge in [0.15, 0.2) is 0 Å². The number of hydrogen-bond donors (Lipinski definition) is 2. The van der Waals surface area contributed by atoms with E-state index < -0.39 is 16.1 Å². The molecule has 12 heteroatoms. The van der Waals surface area contributed by atoms with Crippen LogP contribution in [-0.4, -0.2) is 75.2 Å². The van der Waals surface area contributed by atoms with Gasteiger partial charge in [-0.25, -0.2) is 0 Å². The zero-order valence-corrected chi connectivity index (χ0v) is 16.9. The number of carbonyl (C=O) groups is 2. The Balaban J connectivity index is 1.98. The molecule has 2 rings (SSSR count). The topological polar surface area (TPSA) is 115 Å². The third-order valence-electron chi connectivity index (χ3n) is 3.55. The van der Waals surface area contributed by atoms with Gasteiger partial charge in [-0.1, -0.05) is 24.0 Å². The maximum atomic E-state index is 12.3.